The van der Waals surface area contributed by atoms with Crippen LogP contribution in [0.5, 0.6) is 5.75 Å². The normalized spacial score (nSPS) is 10.9. The second-order valence-electron chi connectivity index (χ2n) is 12.1. The minimum atomic E-state index is -0.478. The zero-order valence-corrected chi connectivity index (χ0v) is 28.1. The second kappa shape index (κ2) is 15.3. The third kappa shape index (κ3) is 8.16. The van der Waals surface area contributed by atoms with Crippen LogP contribution >= 0.6 is 0 Å². The van der Waals surface area contributed by atoms with Crippen LogP contribution in [0.1, 0.15) is 34.2 Å². The number of nitrogens with zero attached hydrogens (tertiary/aromatic N) is 3. The summed E-state index contributed by atoms with van der Waals surface area (Å²) in [5, 5.41) is 3.64. The summed E-state index contributed by atoms with van der Waals surface area (Å²) in [6.07, 6.45) is 0.785. The molecule has 0 spiro atoms. The molecule has 0 aliphatic heterocycles. The highest BCUT2D eigenvalue weighted by molar-refractivity contribution is 5.87. The maximum absolute atomic E-state index is 13.6. The fourth-order valence-corrected chi connectivity index (χ4v) is 6.05. The number of aryl methyl sites for hydroxylation is 2. The molecule has 0 radical (unpaired) electrons. The molecule has 1 aromatic heterocycles. The van der Waals surface area contributed by atoms with E-state index in [-0.39, 0.29) is 11.9 Å². The number of amides is 1. The Bertz CT molecular complexity index is 2040. The van der Waals surface area contributed by atoms with Crippen LogP contribution in [0, 0.1) is 6.92 Å². The van der Waals surface area contributed by atoms with E-state index < -0.39 is 5.63 Å². The van der Waals surface area contributed by atoms with Crippen molar-refractivity contribution in [2.45, 2.75) is 39.4 Å². The monoisotopic (exact) mass is 652 g/mol. The second-order valence-corrected chi connectivity index (χ2v) is 12.1. The molecule has 0 bridgehead atoms. The quantitative estimate of drug-likeness (QED) is 0.135. The Labute approximate surface area is 286 Å². The molecule has 248 valence electrons. The van der Waals surface area contributed by atoms with Gasteiger partial charge in [-0.05, 0) is 59.4 Å². The van der Waals surface area contributed by atoms with E-state index >= 15 is 0 Å². The molecule has 1 heterocycles. The lowest BCUT2D eigenvalue weighted by Gasteiger charge is -2.27. The van der Waals surface area contributed by atoms with Gasteiger partial charge in [0, 0.05) is 50.5 Å². The standard InChI is InChI=1S/C41H40N4O4/c1-29-37(45(27-31-15-9-5-10-16-31)28-32-17-11-6-12-18-32)23-22-35-39(29)40(47)49-41(42-35)43-36-25-34(48-3)21-19-33(36)20-24-38(46)44(2)26-30-13-7-4-8-14-30/h4-19,21-23,25H,20,24,26-28H2,1-3H3,(H,42,43). The van der Waals surface area contributed by atoms with Crippen molar-refractivity contribution in [1.29, 1.82) is 0 Å². The summed E-state index contributed by atoms with van der Waals surface area (Å²) >= 11 is 0. The average Bonchev–Trinajstić information content (AvgIpc) is 3.12. The predicted molar refractivity (Wildman–Crippen MR) is 195 cm³/mol. The third-order valence-electron chi connectivity index (χ3n) is 8.66. The molecular weight excluding hydrogens is 612 g/mol. The summed E-state index contributed by atoms with van der Waals surface area (Å²) < 4.78 is 11.3. The molecule has 0 atom stereocenters. The van der Waals surface area contributed by atoms with Gasteiger partial charge in [0.05, 0.1) is 18.0 Å². The molecule has 0 saturated heterocycles. The van der Waals surface area contributed by atoms with E-state index in [9.17, 15) is 9.59 Å². The highest BCUT2D eigenvalue weighted by Crippen LogP contribution is 2.31. The molecule has 0 fully saturated rings. The van der Waals surface area contributed by atoms with Gasteiger partial charge >= 0.3 is 11.6 Å². The predicted octanol–water partition coefficient (Wildman–Crippen LogP) is 8.05. The van der Waals surface area contributed by atoms with Crippen LogP contribution in [0.15, 0.2) is 131 Å². The van der Waals surface area contributed by atoms with Crippen molar-refractivity contribution >= 4 is 34.2 Å². The van der Waals surface area contributed by atoms with Crippen LogP contribution in [0.25, 0.3) is 10.9 Å². The van der Waals surface area contributed by atoms with Crippen molar-refractivity contribution in [3.05, 3.63) is 160 Å². The zero-order valence-electron chi connectivity index (χ0n) is 28.1. The highest BCUT2D eigenvalue weighted by atomic mass is 16.5. The van der Waals surface area contributed by atoms with Crippen LogP contribution in [0.4, 0.5) is 17.4 Å². The summed E-state index contributed by atoms with van der Waals surface area (Å²) in [4.78, 5) is 35.3. The number of benzene rings is 5. The largest absolute Gasteiger partial charge is 0.497 e. The molecule has 8 nitrogen and oxygen atoms in total. The van der Waals surface area contributed by atoms with E-state index in [1.54, 1.807) is 12.0 Å². The van der Waals surface area contributed by atoms with Crippen molar-refractivity contribution in [3.63, 3.8) is 0 Å². The lowest BCUT2D eigenvalue weighted by Crippen LogP contribution is -2.26. The number of methoxy groups -OCH3 is 1. The first kappa shape index (κ1) is 33.0. The Morgan fingerprint density at radius 2 is 1.39 bits per heavy atom. The molecule has 0 aliphatic carbocycles. The molecule has 1 N–H and O–H groups in total. The Morgan fingerprint density at radius 1 is 0.796 bits per heavy atom. The number of carbonyl (C=O) groups is 1. The van der Waals surface area contributed by atoms with Crippen molar-refractivity contribution < 1.29 is 13.9 Å². The molecule has 1 amide bonds. The zero-order chi connectivity index (χ0) is 34.2. The Kier molecular flexibility index (Phi) is 10.3. The smallest absolute Gasteiger partial charge is 0.348 e. The van der Waals surface area contributed by atoms with Gasteiger partial charge < -0.3 is 24.3 Å². The summed E-state index contributed by atoms with van der Waals surface area (Å²) in [5.41, 5.74) is 6.72. The van der Waals surface area contributed by atoms with Crippen LogP contribution in [0.3, 0.4) is 0 Å². The van der Waals surface area contributed by atoms with Crippen LogP contribution in [-0.4, -0.2) is 29.9 Å². The van der Waals surface area contributed by atoms with Gasteiger partial charge in [-0.2, -0.15) is 4.98 Å². The summed E-state index contributed by atoms with van der Waals surface area (Å²) in [6.45, 7) is 3.82. The molecule has 0 saturated carbocycles. The number of anilines is 3. The molecule has 6 aromatic rings. The summed E-state index contributed by atoms with van der Waals surface area (Å²) in [6, 6.07) is 40.0. The van der Waals surface area contributed by atoms with Crippen molar-refractivity contribution in [1.82, 2.24) is 9.88 Å². The number of nitrogens with one attached hydrogen (secondary N) is 1. The van der Waals surface area contributed by atoms with Crippen LogP contribution in [0.2, 0.25) is 0 Å². The van der Waals surface area contributed by atoms with E-state index in [1.165, 1.54) is 11.1 Å². The minimum Gasteiger partial charge on any atom is -0.497 e. The maximum Gasteiger partial charge on any atom is 0.348 e. The number of fused-ring (bicyclic) bond motifs is 1. The van der Waals surface area contributed by atoms with Crippen molar-refractivity contribution in [2.75, 3.05) is 24.4 Å². The lowest BCUT2D eigenvalue weighted by molar-refractivity contribution is -0.130. The fraction of sp³-hybridized carbons (Fsp3) is 0.195. The molecular formula is C41H40N4O4. The number of hydrogen-bond donors (Lipinski definition) is 1. The van der Waals surface area contributed by atoms with Gasteiger partial charge in [0.25, 0.3) is 0 Å². The van der Waals surface area contributed by atoms with Gasteiger partial charge in [0.1, 0.15) is 5.75 Å². The summed E-state index contributed by atoms with van der Waals surface area (Å²) in [5.74, 6) is 0.653. The van der Waals surface area contributed by atoms with E-state index in [4.69, 9.17) is 14.1 Å². The van der Waals surface area contributed by atoms with E-state index in [1.807, 2.05) is 111 Å². The Morgan fingerprint density at radius 3 is 1.98 bits per heavy atom. The SMILES string of the molecule is COc1ccc(CCC(=O)N(C)Cc2ccccc2)c(Nc2nc3ccc(N(Cc4ccccc4)Cc4ccccc4)c(C)c3c(=O)o2)c1. The lowest BCUT2D eigenvalue weighted by atomic mass is 10.1. The fourth-order valence-electron chi connectivity index (χ4n) is 6.05. The molecule has 49 heavy (non-hydrogen) atoms. The Balaban J connectivity index is 1.25. The number of hydrogen-bond acceptors (Lipinski definition) is 7. The average molecular weight is 653 g/mol. The van der Waals surface area contributed by atoms with Gasteiger partial charge in [-0.3, -0.25) is 4.79 Å². The van der Waals surface area contributed by atoms with Crippen molar-refractivity contribution in [3.8, 4) is 5.75 Å². The van der Waals surface area contributed by atoms with Gasteiger partial charge in [0.2, 0.25) is 5.91 Å². The minimum absolute atomic E-state index is 0.0286. The molecule has 5 aromatic carbocycles. The maximum atomic E-state index is 13.6. The first-order valence-corrected chi connectivity index (χ1v) is 16.4. The van der Waals surface area contributed by atoms with E-state index in [0.717, 1.165) is 22.4 Å². The van der Waals surface area contributed by atoms with Gasteiger partial charge in [-0.15, -0.1) is 0 Å². The first-order chi connectivity index (χ1) is 23.9. The number of carbonyl (C=O) groups excluding carboxylic acids is 1. The van der Waals surface area contributed by atoms with Gasteiger partial charge in [0.15, 0.2) is 0 Å². The summed E-state index contributed by atoms with van der Waals surface area (Å²) in [7, 11) is 3.40. The number of aromatic nitrogens is 1. The van der Waals surface area contributed by atoms with Gasteiger partial charge in [-0.1, -0.05) is 97.1 Å². The molecule has 0 unspecified atom stereocenters. The van der Waals surface area contributed by atoms with Crippen LogP contribution in [-0.2, 0) is 30.8 Å². The Hall–Kier alpha value is -5.89. The molecule has 6 rings (SSSR count). The number of ether oxygens (including phenoxy) is 1. The van der Waals surface area contributed by atoms with Crippen molar-refractivity contribution in [2.24, 2.45) is 0 Å². The molecule has 0 aliphatic rings. The highest BCUT2D eigenvalue weighted by Gasteiger charge is 2.18. The van der Waals surface area contributed by atoms with Crippen LogP contribution < -0.4 is 20.6 Å². The topological polar surface area (TPSA) is 87.9 Å². The molecule has 8 heteroatoms. The third-order valence-corrected chi connectivity index (χ3v) is 8.66. The van der Waals surface area contributed by atoms with E-state index in [0.29, 0.717) is 54.8 Å². The van der Waals surface area contributed by atoms with E-state index in [2.05, 4.69) is 34.5 Å². The van der Waals surface area contributed by atoms with Gasteiger partial charge in [-0.25, -0.2) is 4.79 Å². The number of rotatable bonds is 13. The first-order valence-electron chi connectivity index (χ1n) is 16.4.